The number of rotatable bonds is 6. The first-order valence-corrected chi connectivity index (χ1v) is 9.94. The van der Waals surface area contributed by atoms with Gasteiger partial charge in [-0.05, 0) is 32.3 Å². The Morgan fingerprint density at radius 1 is 0.963 bits per heavy atom. The van der Waals surface area contributed by atoms with Crippen LogP contribution in [0.1, 0.15) is 46.1 Å². The SMILES string of the molecule is CCC1(C)O[C@H]2O[C@H]([C@H]3COC(C)(CC)O3)[C@H](OCc3ccccc3)[C@H]2O1. The lowest BCUT2D eigenvalue weighted by Gasteiger charge is -2.30. The van der Waals surface area contributed by atoms with Crippen molar-refractivity contribution in [2.75, 3.05) is 6.61 Å². The summed E-state index contributed by atoms with van der Waals surface area (Å²) in [6.07, 6.45) is 0.0189. The van der Waals surface area contributed by atoms with Crippen molar-refractivity contribution in [1.82, 2.24) is 0 Å². The van der Waals surface area contributed by atoms with Crippen LogP contribution in [0.3, 0.4) is 0 Å². The van der Waals surface area contributed by atoms with E-state index in [1.54, 1.807) is 0 Å². The van der Waals surface area contributed by atoms with Crippen molar-refractivity contribution in [1.29, 1.82) is 0 Å². The van der Waals surface area contributed by atoms with Crippen molar-refractivity contribution in [3.8, 4) is 0 Å². The standard InChI is InChI=1S/C21H30O6/c1-5-20(3)23-13-15(25-20)16-17(22-12-14-10-8-7-9-11-14)18-19(24-16)27-21(4,6-2)26-18/h7-11,15-19H,5-6,12-13H2,1-4H3/t15-,16-,17+,18-,19-,20?,21?/m1/s1. The summed E-state index contributed by atoms with van der Waals surface area (Å²) in [5.41, 5.74) is 1.11. The van der Waals surface area contributed by atoms with E-state index in [0.717, 1.165) is 18.4 Å². The summed E-state index contributed by atoms with van der Waals surface area (Å²) < 4.78 is 36.8. The maximum Gasteiger partial charge on any atom is 0.190 e. The first kappa shape index (κ1) is 19.3. The maximum absolute atomic E-state index is 6.30. The van der Waals surface area contributed by atoms with Crippen molar-refractivity contribution in [3.05, 3.63) is 35.9 Å². The molecule has 0 aromatic heterocycles. The van der Waals surface area contributed by atoms with Crippen molar-refractivity contribution in [2.45, 2.75) is 89.4 Å². The molecule has 6 nitrogen and oxygen atoms in total. The summed E-state index contributed by atoms with van der Waals surface area (Å²) in [6.45, 7) is 8.96. The molecule has 0 aliphatic carbocycles. The Labute approximate surface area is 161 Å². The van der Waals surface area contributed by atoms with Crippen LogP contribution in [0, 0.1) is 0 Å². The third kappa shape index (κ3) is 3.79. The van der Waals surface area contributed by atoms with Crippen LogP contribution in [-0.2, 0) is 35.0 Å². The van der Waals surface area contributed by atoms with Crippen molar-refractivity contribution in [2.24, 2.45) is 0 Å². The van der Waals surface area contributed by atoms with E-state index in [1.165, 1.54) is 0 Å². The maximum atomic E-state index is 6.30. The average molecular weight is 378 g/mol. The fourth-order valence-electron chi connectivity index (χ4n) is 3.85. The van der Waals surface area contributed by atoms with Crippen molar-refractivity contribution >= 4 is 0 Å². The molecule has 0 bridgehead atoms. The molecule has 150 valence electrons. The summed E-state index contributed by atoms with van der Waals surface area (Å²) >= 11 is 0. The normalized spacial score (nSPS) is 43.9. The molecule has 27 heavy (non-hydrogen) atoms. The van der Waals surface area contributed by atoms with Crippen LogP contribution in [-0.4, -0.2) is 48.9 Å². The van der Waals surface area contributed by atoms with Gasteiger partial charge >= 0.3 is 0 Å². The largest absolute Gasteiger partial charge is 0.368 e. The quantitative estimate of drug-likeness (QED) is 0.756. The smallest absolute Gasteiger partial charge is 0.190 e. The minimum atomic E-state index is -0.639. The molecule has 1 aromatic rings. The van der Waals surface area contributed by atoms with Gasteiger partial charge in [0.05, 0.1) is 13.2 Å². The highest BCUT2D eigenvalue weighted by Gasteiger charge is 2.59. The topological polar surface area (TPSA) is 55.4 Å². The van der Waals surface area contributed by atoms with E-state index in [-0.39, 0.29) is 24.4 Å². The van der Waals surface area contributed by atoms with Gasteiger partial charge in [0.25, 0.3) is 0 Å². The first-order chi connectivity index (χ1) is 13.0. The van der Waals surface area contributed by atoms with Gasteiger partial charge in [-0.25, -0.2) is 0 Å². The Bertz CT molecular complexity index is 639. The van der Waals surface area contributed by atoms with E-state index in [1.807, 2.05) is 51.1 Å². The summed E-state index contributed by atoms with van der Waals surface area (Å²) in [6, 6.07) is 10.1. The first-order valence-electron chi connectivity index (χ1n) is 9.94. The van der Waals surface area contributed by atoms with Crippen LogP contribution < -0.4 is 0 Å². The fourth-order valence-corrected chi connectivity index (χ4v) is 3.85. The second kappa shape index (κ2) is 7.43. The molecule has 3 aliphatic heterocycles. The second-order valence-electron chi connectivity index (χ2n) is 7.87. The van der Waals surface area contributed by atoms with Crippen LogP contribution in [0.2, 0.25) is 0 Å². The lowest BCUT2D eigenvalue weighted by molar-refractivity contribution is -0.245. The minimum Gasteiger partial charge on any atom is -0.368 e. The average Bonchev–Trinajstić information content (AvgIpc) is 3.32. The van der Waals surface area contributed by atoms with Gasteiger partial charge < -0.3 is 28.4 Å². The predicted octanol–water partition coefficient (Wildman–Crippen LogP) is 3.38. The molecule has 4 rings (SSSR count). The molecule has 6 heteroatoms. The van der Waals surface area contributed by atoms with Crippen molar-refractivity contribution < 1.29 is 28.4 Å². The summed E-state index contributed by atoms with van der Waals surface area (Å²) in [5.74, 6) is -1.21. The van der Waals surface area contributed by atoms with Crippen LogP contribution in [0.25, 0.3) is 0 Å². The monoisotopic (exact) mass is 378 g/mol. The van der Waals surface area contributed by atoms with Crippen LogP contribution >= 0.6 is 0 Å². The molecule has 3 saturated heterocycles. The molecule has 1 aromatic carbocycles. The molecule has 0 spiro atoms. The highest BCUT2D eigenvalue weighted by molar-refractivity contribution is 5.13. The number of hydrogen-bond acceptors (Lipinski definition) is 6. The van der Waals surface area contributed by atoms with E-state index < -0.39 is 17.9 Å². The lowest BCUT2D eigenvalue weighted by atomic mass is 10.1. The number of benzene rings is 1. The lowest BCUT2D eigenvalue weighted by Crippen LogP contribution is -2.44. The molecule has 2 unspecified atom stereocenters. The Hall–Kier alpha value is -1.02. The Morgan fingerprint density at radius 3 is 2.37 bits per heavy atom. The summed E-state index contributed by atoms with van der Waals surface area (Å²) in [5, 5.41) is 0. The van der Waals surface area contributed by atoms with E-state index in [9.17, 15) is 0 Å². The fraction of sp³-hybridized carbons (Fsp3) is 0.714. The van der Waals surface area contributed by atoms with Crippen LogP contribution in [0.15, 0.2) is 30.3 Å². The van der Waals surface area contributed by atoms with Gasteiger partial charge in [-0.1, -0.05) is 44.2 Å². The highest BCUT2D eigenvalue weighted by atomic mass is 16.8. The van der Waals surface area contributed by atoms with E-state index in [0.29, 0.717) is 13.2 Å². The summed E-state index contributed by atoms with van der Waals surface area (Å²) in [7, 11) is 0. The minimum absolute atomic E-state index is 0.207. The zero-order chi connectivity index (χ0) is 19.1. The molecular weight excluding hydrogens is 348 g/mol. The van der Waals surface area contributed by atoms with E-state index in [4.69, 9.17) is 28.4 Å². The Kier molecular flexibility index (Phi) is 5.31. The van der Waals surface area contributed by atoms with Gasteiger partial charge in [0.2, 0.25) is 0 Å². The molecule has 3 heterocycles. The van der Waals surface area contributed by atoms with Gasteiger partial charge in [0.1, 0.15) is 24.4 Å². The zero-order valence-electron chi connectivity index (χ0n) is 16.6. The number of hydrogen-bond donors (Lipinski definition) is 0. The number of ether oxygens (including phenoxy) is 6. The molecule has 3 aliphatic rings. The van der Waals surface area contributed by atoms with E-state index >= 15 is 0 Å². The van der Waals surface area contributed by atoms with E-state index in [2.05, 4.69) is 6.92 Å². The molecule has 0 radical (unpaired) electrons. The molecule has 0 saturated carbocycles. The van der Waals surface area contributed by atoms with Crippen LogP contribution in [0.5, 0.6) is 0 Å². The molecule has 3 fully saturated rings. The van der Waals surface area contributed by atoms with Gasteiger partial charge in [-0.15, -0.1) is 0 Å². The summed E-state index contributed by atoms with van der Waals surface area (Å²) in [4.78, 5) is 0. The van der Waals surface area contributed by atoms with Gasteiger partial charge in [0, 0.05) is 0 Å². The third-order valence-corrected chi connectivity index (χ3v) is 5.85. The molecular formula is C21H30O6. The predicted molar refractivity (Wildman–Crippen MR) is 97.9 cm³/mol. The molecule has 7 atom stereocenters. The van der Waals surface area contributed by atoms with Crippen LogP contribution in [0.4, 0.5) is 0 Å². The third-order valence-electron chi connectivity index (χ3n) is 5.85. The number of fused-ring (bicyclic) bond motifs is 1. The zero-order valence-corrected chi connectivity index (χ0v) is 16.6. The Morgan fingerprint density at radius 2 is 1.70 bits per heavy atom. The Balaban J connectivity index is 1.50. The van der Waals surface area contributed by atoms with Crippen molar-refractivity contribution in [3.63, 3.8) is 0 Å². The molecule has 0 amide bonds. The molecule has 0 N–H and O–H groups in total. The van der Waals surface area contributed by atoms with Gasteiger partial charge in [-0.2, -0.15) is 0 Å². The highest BCUT2D eigenvalue weighted by Crippen LogP contribution is 2.43. The van der Waals surface area contributed by atoms with Gasteiger partial charge in [-0.3, -0.25) is 0 Å². The van der Waals surface area contributed by atoms with Gasteiger partial charge in [0.15, 0.2) is 17.9 Å². The second-order valence-corrected chi connectivity index (χ2v) is 7.87.